The van der Waals surface area contributed by atoms with Gasteiger partial charge in [-0.1, -0.05) is 187 Å². The predicted molar refractivity (Wildman–Crippen MR) is 245 cm³/mol. The van der Waals surface area contributed by atoms with E-state index in [0.29, 0.717) is 17.2 Å². The van der Waals surface area contributed by atoms with Gasteiger partial charge in [-0.3, -0.25) is 0 Å². The van der Waals surface area contributed by atoms with Gasteiger partial charge in [0.1, 0.15) is 17.2 Å². The van der Waals surface area contributed by atoms with Crippen LogP contribution in [0.5, 0.6) is 17.2 Å². The van der Waals surface area contributed by atoms with Gasteiger partial charge in [0.25, 0.3) is 0 Å². The molecular formula is C54H78O3. The fraction of sp³-hybridized carbons (Fsp3) is 0.556. The van der Waals surface area contributed by atoms with Crippen molar-refractivity contribution >= 4 is 0 Å². The van der Waals surface area contributed by atoms with Crippen LogP contribution in [0.4, 0.5) is 0 Å². The van der Waals surface area contributed by atoms with Crippen LogP contribution in [0.3, 0.4) is 0 Å². The largest absolute Gasteiger partial charge is 0.507 e. The molecule has 0 aliphatic heterocycles. The summed E-state index contributed by atoms with van der Waals surface area (Å²) in [5, 5.41) is 34.9. The van der Waals surface area contributed by atoms with E-state index >= 15 is 0 Å². The predicted octanol–water partition coefficient (Wildman–Crippen LogP) is 14.4. The highest BCUT2D eigenvalue weighted by molar-refractivity contribution is 5.57. The highest BCUT2D eigenvalue weighted by atomic mass is 16.3. The molecule has 312 valence electrons. The van der Waals surface area contributed by atoms with Crippen LogP contribution in [0.1, 0.15) is 211 Å². The Kier molecular flexibility index (Phi) is 12.0. The first-order chi connectivity index (χ1) is 25.5. The van der Waals surface area contributed by atoms with Gasteiger partial charge in [-0.2, -0.15) is 0 Å². The van der Waals surface area contributed by atoms with E-state index in [2.05, 4.69) is 194 Å². The second-order valence-electron chi connectivity index (χ2n) is 23.9. The third-order valence-electron chi connectivity index (χ3n) is 12.2. The van der Waals surface area contributed by atoms with Crippen LogP contribution >= 0.6 is 0 Å². The number of phenols is 3. The van der Waals surface area contributed by atoms with Gasteiger partial charge in [0.2, 0.25) is 0 Å². The summed E-state index contributed by atoms with van der Waals surface area (Å²) in [6.45, 7) is 46.1. The normalized spacial score (nSPS) is 13.7. The van der Waals surface area contributed by atoms with Gasteiger partial charge in [0, 0.05) is 5.41 Å². The van der Waals surface area contributed by atoms with E-state index in [1.54, 1.807) is 0 Å². The molecule has 0 amide bonds. The Hall–Kier alpha value is -3.72. The molecule has 0 saturated heterocycles. The van der Waals surface area contributed by atoms with Crippen LogP contribution in [-0.2, 0) is 50.7 Å². The minimum atomic E-state index is -0.408. The van der Waals surface area contributed by atoms with E-state index in [9.17, 15) is 15.3 Å². The van der Waals surface area contributed by atoms with Crippen molar-refractivity contribution in [1.82, 2.24) is 0 Å². The second-order valence-corrected chi connectivity index (χ2v) is 23.9. The summed E-state index contributed by atoms with van der Waals surface area (Å²) < 4.78 is 0. The lowest BCUT2D eigenvalue weighted by atomic mass is 9.71. The zero-order valence-corrected chi connectivity index (χ0v) is 39.9. The van der Waals surface area contributed by atoms with E-state index in [0.717, 1.165) is 46.2 Å². The highest BCUT2D eigenvalue weighted by Gasteiger charge is 2.34. The van der Waals surface area contributed by atoms with Gasteiger partial charge in [-0.05, 0) is 125 Å². The van der Waals surface area contributed by atoms with Gasteiger partial charge < -0.3 is 15.3 Å². The van der Waals surface area contributed by atoms with Crippen molar-refractivity contribution in [2.75, 3.05) is 0 Å². The van der Waals surface area contributed by atoms with E-state index in [1.807, 2.05) is 0 Å². The molecule has 4 rings (SSSR count). The van der Waals surface area contributed by atoms with Gasteiger partial charge in [0.15, 0.2) is 0 Å². The molecule has 3 heteroatoms. The zero-order chi connectivity index (χ0) is 43.8. The maximum absolute atomic E-state index is 11.7. The highest BCUT2D eigenvalue weighted by Crippen LogP contribution is 2.46. The summed E-state index contributed by atoms with van der Waals surface area (Å²) in [5.74, 6) is 1.20. The Morgan fingerprint density at radius 2 is 0.544 bits per heavy atom. The summed E-state index contributed by atoms with van der Waals surface area (Å²) in [5.41, 5.74) is 12.6. The molecule has 0 radical (unpaired) electrons. The lowest BCUT2D eigenvalue weighted by Crippen LogP contribution is -2.24. The van der Waals surface area contributed by atoms with Crippen LogP contribution in [-0.4, -0.2) is 15.3 Å². The van der Waals surface area contributed by atoms with Crippen molar-refractivity contribution < 1.29 is 15.3 Å². The minimum Gasteiger partial charge on any atom is -0.507 e. The third-order valence-corrected chi connectivity index (χ3v) is 12.2. The molecule has 0 aliphatic rings. The zero-order valence-electron chi connectivity index (χ0n) is 39.9. The topological polar surface area (TPSA) is 60.7 Å². The lowest BCUT2D eigenvalue weighted by Gasteiger charge is -2.34. The van der Waals surface area contributed by atoms with Gasteiger partial charge in [-0.15, -0.1) is 0 Å². The van der Waals surface area contributed by atoms with Gasteiger partial charge in [-0.25, -0.2) is 0 Å². The molecule has 57 heavy (non-hydrogen) atoms. The monoisotopic (exact) mass is 775 g/mol. The Morgan fingerprint density at radius 3 is 0.772 bits per heavy atom. The first-order valence-corrected chi connectivity index (χ1v) is 21.2. The smallest absolute Gasteiger partial charge is 0.123 e. The molecule has 3 nitrogen and oxygen atoms in total. The number of hydrogen-bond donors (Lipinski definition) is 3. The first kappa shape index (κ1) is 46.0. The summed E-state index contributed by atoms with van der Waals surface area (Å²) in [7, 11) is 0. The summed E-state index contributed by atoms with van der Waals surface area (Å²) in [6.07, 6.45) is 1.45. The van der Waals surface area contributed by atoms with Crippen LogP contribution < -0.4 is 0 Å². The van der Waals surface area contributed by atoms with Crippen LogP contribution in [0.15, 0.2) is 48.5 Å². The molecule has 4 aromatic carbocycles. The Bertz CT molecular complexity index is 1920. The van der Waals surface area contributed by atoms with Gasteiger partial charge in [0.05, 0.1) is 0 Å². The number of aromatic hydroxyl groups is 3. The van der Waals surface area contributed by atoms with E-state index in [1.165, 1.54) is 38.9 Å². The fourth-order valence-corrected chi connectivity index (χ4v) is 8.19. The number of rotatable bonds is 6. The van der Waals surface area contributed by atoms with Crippen LogP contribution in [0.2, 0.25) is 0 Å². The van der Waals surface area contributed by atoms with Crippen molar-refractivity contribution in [3.8, 4) is 17.2 Å². The molecule has 0 aromatic heterocycles. The van der Waals surface area contributed by atoms with Crippen LogP contribution in [0.25, 0.3) is 0 Å². The first-order valence-electron chi connectivity index (χ1n) is 21.2. The quantitative estimate of drug-likeness (QED) is 0.183. The average Bonchev–Trinajstić information content (AvgIpc) is 3.00. The van der Waals surface area contributed by atoms with E-state index in [-0.39, 0.29) is 32.5 Å². The maximum atomic E-state index is 11.7. The summed E-state index contributed by atoms with van der Waals surface area (Å²) >= 11 is 0. The Morgan fingerprint density at radius 1 is 0.333 bits per heavy atom. The Balaban J connectivity index is 2.09. The number of hydrogen-bond acceptors (Lipinski definition) is 3. The summed E-state index contributed by atoms with van der Waals surface area (Å²) in [4.78, 5) is 0. The second kappa shape index (κ2) is 14.8. The van der Waals surface area contributed by atoms with Crippen molar-refractivity contribution in [3.05, 3.63) is 121 Å². The molecule has 0 bridgehead atoms. The molecule has 3 N–H and O–H groups in total. The average molecular weight is 775 g/mol. The third kappa shape index (κ3) is 9.77. The molecule has 0 spiro atoms. The van der Waals surface area contributed by atoms with Crippen molar-refractivity contribution in [2.45, 2.75) is 196 Å². The minimum absolute atomic E-state index is 0.229. The molecular weight excluding hydrogens is 697 g/mol. The van der Waals surface area contributed by atoms with Gasteiger partial charge >= 0.3 is 0 Å². The number of phenolic OH excluding ortho intramolecular Hbond substituents is 3. The molecule has 0 unspecified atom stereocenters. The number of benzene rings is 4. The van der Waals surface area contributed by atoms with Crippen LogP contribution in [0, 0.1) is 6.92 Å². The molecule has 0 heterocycles. The molecule has 4 aromatic rings. The molecule has 0 fully saturated rings. The standard InChI is InChI=1S/C54H78O3/c1-32-35(22-33-24-39(48(2,3)4)45(55)40(25-33)49(5,6)7)28-37(54(20,21)38-30-43(52(14,15)16)47(57)44(31-38)53(17,18)19)29-36(32)23-34-26-41(50(8,9)10)46(56)42(27-34)51(11,12)13/h24-31,55-57H,22-23H2,1-21H3. The summed E-state index contributed by atoms with van der Waals surface area (Å²) in [6, 6.07) is 18.2. The SMILES string of the molecule is Cc1c(Cc2cc(C(C)(C)C)c(O)c(C(C)(C)C)c2)cc(C(C)(C)c2cc(C(C)(C)C)c(O)c(C(C)(C)C)c2)cc1Cc1cc(C(C)(C)C)c(O)c(C(C)(C)C)c1. The molecule has 0 atom stereocenters. The fourth-order valence-electron chi connectivity index (χ4n) is 8.19. The van der Waals surface area contributed by atoms with Crippen molar-refractivity contribution in [3.63, 3.8) is 0 Å². The molecule has 0 saturated carbocycles. The van der Waals surface area contributed by atoms with E-state index < -0.39 is 5.41 Å². The van der Waals surface area contributed by atoms with Crippen molar-refractivity contribution in [1.29, 1.82) is 0 Å². The lowest BCUT2D eigenvalue weighted by molar-refractivity contribution is 0.421. The Labute approximate surface area is 348 Å². The maximum Gasteiger partial charge on any atom is 0.123 e. The van der Waals surface area contributed by atoms with E-state index in [4.69, 9.17) is 0 Å². The molecule has 0 aliphatic carbocycles. The van der Waals surface area contributed by atoms with Crippen molar-refractivity contribution in [2.24, 2.45) is 0 Å².